The van der Waals surface area contributed by atoms with E-state index in [0.29, 0.717) is 12.0 Å². The van der Waals surface area contributed by atoms with Gasteiger partial charge in [-0.15, -0.1) is 0 Å². The smallest absolute Gasteiger partial charge is 0.0590 e. The van der Waals surface area contributed by atoms with Crippen molar-refractivity contribution in [3.05, 3.63) is 22.9 Å². The van der Waals surface area contributed by atoms with Crippen LogP contribution in [0.15, 0.2) is 22.9 Å². The van der Waals surface area contributed by atoms with Crippen molar-refractivity contribution >= 4 is 21.6 Å². The van der Waals surface area contributed by atoms with E-state index in [0.717, 1.165) is 16.7 Å². The van der Waals surface area contributed by atoms with E-state index in [1.165, 1.54) is 0 Å². The Hall–Kier alpha value is -0.610. The van der Waals surface area contributed by atoms with E-state index >= 15 is 0 Å². The molecular weight excluding hydrogens is 266 g/mol. The fraction of sp³-hybridized carbons (Fsp3) is 0.583. The number of hydrogen-bond acceptors (Lipinski definition) is 3. The highest BCUT2D eigenvalue weighted by Gasteiger charge is 2.14. The van der Waals surface area contributed by atoms with Gasteiger partial charge in [0.25, 0.3) is 0 Å². The van der Waals surface area contributed by atoms with Crippen LogP contribution in [0.2, 0.25) is 0 Å². The van der Waals surface area contributed by atoms with Crippen molar-refractivity contribution in [1.29, 1.82) is 0 Å². The van der Waals surface area contributed by atoms with Gasteiger partial charge in [-0.2, -0.15) is 0 Å². The summed E-state index contributed by atoms with van der Waals surface area (Å²) in [5, 5.41) is 3.55. The molecule has 3 nitrogen and oxygen atoms in total. The lowest BCUT2D eigenvalue weighted by Gasteiger charge is -2.27. The van der Waals surface area contributed by atoms with Crippen molar-refractivity contribution in [2.75, 3.05) is 26.0 Å². The van der Waals surface area contributed by atoms with Gasteiger partial charge in [-0.05, 0) is 42.0 Å². The number of nitrogens with one attached hydrogen (secondary N) is 1. The quantitative estimate of drug-likeness (QED) is 0.902. The number of rotatable bonds is 5. The Morgan fingerprint density at radius 3 is 2.62 bits per heavy atom. The van der Waals surface area contributed by atoms with Crippen molar-refractivity contribution in [2.24, 2.45) is 5.92 Å². The van der Waals surface area contributed by atoms with Crippen LogP contribution in [0.3, 0.4) is 0 Å². The summed E-state index contributed by atoms with van der Waals surface area (Å²) in [4.78, 5) is 6.26. The zero-order chi connectivity index (χ0) is 12.1. The number of likely N-dealkylation sites (N-methyl/N-ethyl adjacent to an activating group) is 1. The monoisotopic (exact) mass is 285 g/mol. The van der Waals surface area contributed by atoms with Gasteiger partial charge in [-0.3, -0.25) is 4.98 Å². The van der Waals surface area contributed by atoms with Gasteiger partial charge in [0.1, 0.15) is 0 Å². The van der Waals surface area contributed by atoms with Crippen molar-refractivity contribution in [3.8, 4) is 0 Å². The first-order chi connectivity index (χ1) is 7.50. The van der Waals surface area contributed by atoms with Crippen LogP contribution in [-0.2, 0) is 0 Å². The third kappa shape index (κ3) is 4.10. The zero-order valence-electron chi connectivity index (χ0n) is 10.4. The Bertz CT molecular complexity index is 326. The summed E-state index contributed by atoms with van der Waals surface area (Å²) in [6.07, 6.45) is 3.62. The molecule has 1 heterocycles. The number of nitrogens with zero attached hydrogens (tertiary/aromatic N) is 2. The summed E-state index contributed by atoms with van der Waals surface area (Å²) in [6, 6.07) is 2.43. The van der Waals surface area contributed by atoms with Crippen LogP contribution in [0.4, 0.5) is 5.69 Å². The molecule has 0 amide bonds. The number of pyridine rings is 1. The third-order valence-electron chi connectivity index (χ3n) is 2.48. The van der Waals surface area contributed by atoms with Crippen LogP contribution >= 0.6 is 15.9 Å². The Kier molecular flexibility index (Phi) is 5.22. The van der Waals surface area contributed by atoms with Crippen molar-refractivity contribution < 1.29 is 0 Å². The summed E-state index contributed by atoms with van der Waals surface area (Å²) in [5.41, 5.74) is 1.11. The maximum atomic E-state index is 4.06. The molecule has 90 valence electrons. The molecule has 16 heavy (non-hydrogen) atoms. The number of anilines is 1. The van der Waals surface area contributed by atoms with Crippen molar-refractivity contribution in [2.45, 2.75) is 19.9 Å². The molecule has 0 aliphatic carbocycles. The van der Waals surface area contributed by atoms with E-state index in [9.17, 15) is 0 Å². The summed E-state index contributed by atoms with van der Waals surface area (Å²) in [5.74, 6) is 0.586. The highest BCUT2D eigenvalue weighted by molar-refractivity contribution is 9.10. The molecule has 1 aromatic heterocycles. The van der Waals surface area contributed by atoms with Crippen molar-refractivity contribution in [1.82, 2.24) is 9.88 Å². The minimum Gasteiger partial charge on any atom is -0.380 e. The topological polar surface area (TPSA) is 28.2 Å². The second-order valence-electron chi connectivity index (χ2n) is 4.61. The normalized spacial score (nSPS) is 13.2. The molecule has 0 aromatic carbocycles. The molecule has 0 aliphatic heterocycles. The lowest BCUT2D eigenvalue weighted by atomic mass is 10.0. The van der Waals surface area contributed by atoms with Gasteiger partial charge in [0.15, 0.2) is 0 Å². The standard InChI is InChI=1S/C12H20BrN3/c1-9(2)12(8-16(3)4)15-11-5-6-14-7-10(11)13/h5-7,9,12H,8H2,1-4H3,(H,14,15). The first-order valence-corrected chi connectivity index (χ1v) is 6.30. The van der Waals surface area contributed by atoms with E-state index in [1.807, 2.05) is 12.3 Å². The van der Waals surface area contributed by atoms with Gasteiger partial charge in [-0.25, -0.2) is 0 Å². The number of halogens is 1. The lowest BCUT2D eigenvalue weighted by molar-refractivity contribution is 0.344. The SMILES string of the molecule is CC(C)C(CN(C)C)Nc1ccncc1Br. The molecule has 1 atom stereocenters. The van der Waals surface area contributed by atoms with Gasteiger partial charge in [0.2, 0.25) is 0 Å². The Balaban J connectivity index is 2.72. The predicted octanol–water partition coefficient (Wildman–Crippen LogP) is 2.84. The van der Waals surface area contributed by atoms with E-state index in [2.05, 4.69) is 59.1 Å². The third-order valence-corrected chi connectivity index (χ3v) is 3.11. The van der Waals surface area contributed by atoms with Crippen LogP contribution in [0.25, 0.3) is 0 Å². The molecule has 0 radical (unpaired) electrons. The summed E-state index contributed by atoms with van der Waals surface area (Å²) in [6.45, 7) is 5.49. The predicted molar refractivity (Wildman–Crippen MR) is 72.7 cm³/mol. The highest BCUT2D eigenvalue weighted by atomic mass is 79.9. The molecule has 0 bridgehead atoms. The molecule has 1 N–H and O–H groups in total. The van der Waals surface area contributed by atoms with Crippen LogP contribution in [0.5, 0.6) is 0 Å². The fourth-order valence-corrected chi connectivity index (χ4v) is 1.87. The maximum absolute atomic E-state index is 4.06. The molecule has 0 saturated carbocycles. The van der Waals surface area contributed by atoms with Crippen LogP contribution in [-0.4, -0.2) is 36.6 Å². The van der Waals surface area contributed by atoms with E-state index in [-0.39, 0.29) is 0 Å². The Morgan fingerprint density at radius 1 is 1.44 bits per heavy atom. The minimum absolute atomic E-state index is 0.439. The zero-order valence-corrected chi connectivity index (χ0v) is 12.0. The van der Waals surface area contributed by atoms with Crippen LogP contribution < -0.4 is 5.32 Å². The largest absolute Gasteiger partial charge is 0.380 e. The molecule has 1 unspecified atom stereocenters. The summed E-state index contributed by atoms with van der Waals surface area (Å²) < 4.78 is 1.01. The van der Waals surface area contributed by atoms with E-state index in [4.69, 9.17) is 0 Å². The Morgan fingerprint density at radius 2 is 2.12 bits per heavy atom. The van der Waals surface area contributed by atoms with E-state index < -0.39 is 0 Å². The maximum Gasteiger partial charge on any atom is 0.0590 e. The van der Waals surface area contributed by atoms with Crippen LogP contribution in [0.1, 0.15) is 13.8 Å². The average molecular weight is 286 g/mol. The fourth-order valence-electron chi connectivity index (χ4n) is 1.51. The van der Waals surface area contributed by atoms with Gasteiger partial charge in [-0.1, -0.05) is 13.8 Å². The number of hydrogen-bond donors (Lipinski definition) is 1. The molecular formula is C12H20BrN3. The first-order valence-electron chi connectivity index (χ1n) is 5.51. The highest BCUT2D eigenvalue weighted by Crippen LogP contribution is 2.22. The lowest BCUT2D eigenvalue weighted by Crippen LogP contribution is -2.36. The second kappa shape index (κ2) is 6.21. The molecule has 1 aromatic rings. The molecule has 4 heteroatoms. The van der Waals surface area contributed by atoms with Crippen LogP contribution in [0, 0.1) is 5.92 Å². The molecule has 0 spiro atoms. The van der Waals surface area contributed by atoms with Gasteiger partial charge in [0.05, 0.1) is 10.2 Å². The van der Waals surface area contributed by atoms with E-state index in [1.54, 1.807) is 6.20 Å². The van der Waals surface area contributed by atoms with Gasteiger partial charge >= 0.3 is 0 Å². The summed E-state index contributed by atoms with van der Waals surface area (Å²) >= 11 is 3.50. The molecule has 0 fully saturated rings. The number of aromatic nitrogens is 1. The molecule has 0 saturated heterocycles. The molecule has 0 aliphatic rings. The average Bonchev–Trinajstić information content (AvgIpc) is 2.19. The Labute approximate surface area is 106 Å². The molecule has 1 rings (SSSR count). The van der Waals surface area contributed by atoms with Crippen molar-refractivity contribution in [3.63, 3.8) is 0 Å². The minimum atomic E-state index is 0.439. The second-order valence-corrected chi connectivity index (χ2v) is 5.47. The summed E-state index contributed by atoms with van der Waals surface area (Å²) in [7, 11) is 4.19. The first kappa shape index (κ1) is 13.5. The van der Waals surface area contributed by atoms with Gasteiger partial charge in [0, 0.05) is 25.0 Å². The van der Waals surface area contributed by atoms with Gasteiger partial charge < -0.3 is 10.2 Å².